The van der Waals surface area contributed by atoms with Crippen LogP contribution in [0.25, 0.3) is 0 Å². The molecule has 2 saturated carbocycles. The molecule has 2 unspecified atom stereocenters. The van der Waals surface area contributed by atoms with Gasteiger partial charge in [-0.25, -0.2) is 0 Å². The lowest BCUT2D eigenvalue weighted by Gasteiger charge is -2.57. The van der Waals surface area contributed by atoms with Crippen LogP contribution in [0.15, 0.2) is 12.7 Å². The largest absolute Gasteiger partial charge is 0.481 e. The zero-order valence-corrected chi connectivity index (χ0v) is 16.2. The molecular weight excluding hydrogens is 316 g/mol. The maximum absolute atomic E-state index is 12.8. The van der Waals surface area contributed by atoms with Gasteiger partial charge in [0.2, 0.25) is 0 Å². The van der Waals surface area contributed by atoms with Crippen LogP contribution in [0.1, 0.15) is 72.6 Å². The number of allylic oxidation sites excluding steroid dienone is 1. The first-order valence-corrected chi connectivity index (χ1v) is 9.63. The maximum Gasteiger partial charge on any atom is 0.309 e. The molecule has 0 aliphatic heterocycles. The molecule has 25 heavy (non-hydrogen) atoms. The molecule has 0 bridgehead atoms. The van der Waals surface area contributed by atoms with Crippen LogP contribution in [0, 0.1) is 28.1 Å². The molecule has 0 aromatic carbocycles. The minimum atomic E-state index is -1.03. The molecule has 0 aromatic rings. The Bertz CT molecular complexity index is 556. The van der Waals surface area contributed by atoms with E-state index in [9.17, 15) is 19.8 Å². The Morgan fingerprint density at radius 1 is 1.40 bits per heavy atom. The van der Waals surface area contributed by atoms with Gasteiger partial charge in [-0.1, -0.05) is 33.3 Å². The number of rotatable bonds is 6. The number of carboxylic acid groups (broad SMARTS) is 1. The number of carbonyl (C=O) groups is 2. The first-order chi connectivity index (χ1) is 11.5. The van der Waals surface area contributed by atoms with Gasteiger partial charge in [-0.15, -0.1) is 6.58 Å². The second-order valence-corrected chi connectivity index (χ2v) is 9.09. The zero-order chi connectivity index (χ0) is 19.0. The Balaban J connectivity index is 2.36. The van der Waals surface area contributed by atoms with Crippen molar-refractivity contribution in [3.63, 3.8) is 0 Å². The van der Waals surface area contributed by atoms with Gasteiger partial charge in [-0.05, 0) is 62.2 Å². The summed E-state index contributed by atoms with van der Waals surface area (Å²) in [6.07, 6.45) is 5.99. The quantitative estimate of drug-likeness (QED) is 0.704. The molecule has 0 spiro atoms. The second-order valence-electron chi connectivity index (χ2n) is 9.09. The Morgan fingerprint density at radius 3 is 2.56 bits per heavy atom. The third-order valence-electron chi connectivity index (χ3n) is 7.70. The minimum Gasteiger partial charge on any atom is -0.481 e. The van der Waals surface area contributed by atoms with Crippen molar-refractivity contribution < 1.29 is 19.8 Å². The molecule has 2 N–H and O–H groups in total. The molecule has 6 atom stereocenters. The number of hydrogen-bond acceptors (Lipinski definition) is 3. The summed E-state index contributed by atoms with van der Waals surface area (Å²) >= 11 is 0. The number of aliphatic hydroxyl groups excluding tert-OH is 1. The summed E-state index contributed by atoms with van der Waals surface area (Å²) in [5.41, 5.74) is -1.24. The van der Waals surface area contributed by atoms with Gasteiger partial charge >= 0.3 is 5.97 Å². The third kappa shape index (κ3) is 3.30. The number of Topliss-reactive ketones (excluding diaryl/α,β-unsaturated/α-hetero) is 1. The number of fused-ring (bicyclic) bond motifs is 1. The highest BCUT2D eigenvalue weighted by Crippen LogP contribution is 2.60. The molecule has 2 fully saturated rings. The molecule has 2 aliphatic rings. The van der Waals surface area contributed by atoms with Crippen LogP contribution in [0.2, 0.25) is 0 Å². The van der Waals surface area contributed by atoms with E-state index in [4.69, 9.17) is 0 Å². The first kappa shape index (κ1) is 20.2. The topological polar surface area (TPSA) is 74.6 Å². The lowest BCUT2D eigenvalue weighted by molar-refractivity contribution is -0.178. The number of carbonyl (C=O) groups excluding carboxylic acids is 1. The molecule has 0 amide bonds. The van der Waals surface area contributed by atoms with Crippen LogP contribution in [0.5, 0.6) is 0 Å². The normalized spacial score (nSPS) is 40.8. The lowest BCUT2D eigenvalue weighted by Crippen LogP contribution is -2.58. The average Bonchev–Trinajstić information content (AvgIpc) is 2.56. The van der Waals surface area contributed by atoms with E-state index in [1.165, 1.54) is 0 Å². The van der Waals surface area contributed by atoms with E-state index < -0.39 is 17.5 Å². The fraction of sp³-hybridized carbons (Fsp3) is 0.810. The smallest absolute Gasteiger partial charge is 0.309 e. The van der Waals surface area contributed by atoms with Crippen molar-refractivity contribution in [3.8, 4) is 0 Å². The van der Waals surface area contributed by atoms with Crippen molar-refractivity contribution in [2.24, 2.45) is 28.1 Å². The summed E-state index contributed by atoms with van der Waals surface area (Å²) in [7, 11) is 0. The molecule has 2 aliphatic carbocycles. The van der Waals surface area contributed by atoms with Crippen molar-refractivity contribution in [3.05, 3.63) is 12.7 Å². The van der Waals surface area contributed by atoms with Gasteiger partial charge in [0.1, 0.15) is 6.10 Å². The molecule has 4 nitrogen and oxygen atoms in total. The summed E-state index contributed by atoms with van der Waals surface area (Å²) in [5, 5.41) is 20.2. The second kappa shape index (κ2) is 6.86. The van der Waals surface area contributed by atoms with E-state index in [0.717, 1.165) is 25.7 Å². The first-order valence-electron chi connectivity index (χ1n) is 9.63. The van der Waals surface area contributed by atoms with E-state index in [1.54, 1.807) is 6.92 Å². The van der Waals surface area contributed by atoms with Crippen molar-refractivity contribution >= 4 is 11.8 Å². The van der Waals surface area contributed by atoms with Gasteiger partial charge in [0.25, 0.3) is 0 Å². The van der Waals surface area contributed by atoms with Crippen molar-refractivity contribution in [1.82, 2.24) is 0 Å². The van der Waals surface area contributed by atoms with Crippen LogP contribution in [-0.2, 0) is 9.59 Å². The number of hydrogen-bond donors (Lipinski definition) is 2. The number of aliphatic hydroxyl groups is 1. The number of carboxylic acids is 1. The van der Waals surface area contributed by atoms with Crippen molar-refractivity contribution in [2.45, 2.75) is 78.7 Å². The van der Waals surface area contributed by atoms with E-state index >= 15 is 0 Å². The van der Waals surface area contributed by atoms with E-state index in [1.807, 2.05) is 6.08 Å². The zero-order valence-electron chi connectivity index (χ0n) is 16.2. The van der Waals surface area contributed by atoms with Crippen LogP contribution in [0.4, 0.5) is 0 Å². The Labute approximate surface area is 151 Å². The summed E-state index contributed by atoms with van der Waals surface area (Å²) < 4.78 is 0. The van der Waals surface area contributed by atoms with Crippen molar-refractivity contribution in [1.29, 1.82) is 0 Å². The van der Waals surface area contributed by atoms with Crippen LogP contribution < -0.4 is 0 Å². The van der Waals surface area contributed by atoms with Gasteiger partial charge in [-0.2, -0.15) is 0 Å². The van der Waals surface area contributed by atoms with E-state index in [2.05, 4.69) is 27.4 Å². The molecular formula is C21H34O4. The Morgan fingerprint density at radius 2 is 2.04 bits per heavy atom. The predicted molar refractivity (Wildman–Crippen MR) is 98.1 cm³/mol. The average molecular weight is 350 g/mol. The van der Waals surface area contributed by atoms with Crippen LogP contribution in [-0.4, -0.2) is 28.1 Å². The highest BCUT2D eigenvalue weighted by atomic mass is 16.4. The maximum atomic E-state index is 12.8. The summed E-state index contributed by atoms with van der Waals surface area (Å²) in [6, 6.07) is 0. The van der Waals surface area contributed by atoms with Gasteiger partial charge in [0, 0.05) is 5.92 Å². The molecule has 4 heteroatoms. The fourth-order valence-electron chi connectivity index (χ4n) is 5.38. The van der Waals surface area contributed by atoms with Gasteiger partial charge in [0.05, 0.1) is 5.41 Å². The summed E-state index contributed by atoms with van der Waals surface area (Å²) in [5.74, 6) is -1.32. The Hall–Kier alpha value is -1.16. The van der Waals surface area contributed by atoms with Crippen LogP contribution >= 0.6 is 0 Å². The monoisotopic (exact) mass is 350 g/mol. The summed E-state index contributed by atoms with van der Waals surface area (Å²) in [6.45, 7) is 12.1. The van der Waals surface area contributed by atoms with Gasteiger partial charge < -0.3 is 10.2 Å². The third-order valence-corrected chi connectivity index (χ3v) is 7.70. The van der Waals surface area contributed by atoms with E-state index in [0.29, 0.717) is 12.8 Å². The highest BCUT2D eigenvalue weighted by molar-refractivity contribution is 5.87. The highest BCUT2D eigenvalue weighted by Gasteiger charge is 2.60. The van der Waals surface area contributed by atoms with Crippen molar-refractivity contribution in [2.75, 3.05) is 0 Å². The van der Waals surface area contributed by atoms with E-state index in [-0.39, 0.29) is 34.9 Å². The lowest BCUT2D eigenvalue weighted by atomic mass is 9.46. The van der Waals surface area contributed by atoms with Gasteiger partial charge in [0.15, 0.2) is 5.78 Å². The predicted octanol–water partition coefficient (Wildman–Crippen LogP) is 4.22. The minimum absolute atomic E-state index is 0.0285. The standard InChI is InChI=1S/C21H34O4/c1-6-19(3,7-2)12-9-14-17(23)15(22)13-16-20(14,4)10-8-11-21(16,5)18(24)25/h6,14-16,22H,1,7-13H2,2-5H3,(H,24,25)/t14?,15-,16?,19-,20-,21+/m1/s1. The molecule has 142 valence electrons. The number of ketones is 1. The fourth-order valence-corrected chi connectivity index (χ4v) is 5.38. The van der Waals surface area contributed by atoms with Gasteiger partial charge in [-0.3, -0.25) is 9.59 Å². The molecule has 0 saturated heterocycles. The number of aliphatic carboxylic acids is 1. The summed E-state index contributed by atoms with van der Waals surface area (Å²) in [4.78, 5) is 24.8. The van der Waals surface area contributed by atoms with Crippen LogP contribution in [0.3, 0.4) is 0 Å². The molecule has 0 radical (unpaired) electrons. The Kier molecular flexibility index (Phi) is 5.53. The molecule has 0 heterocycles. The SMILES string of the molecule is C=C[C@](C)(CC)CCC1C(=O)[C@H](O)CC2[C@]1(C)CCC[C@]2(C)C(=O)O. The molecule has 2 rings (SSSR count). The molecule has 0 aromatic heterocycles.